The van der Waals surface area contributed by atoms with Crippen LogP contribution >= 0.6 is 0 Å². The summed E-state index contributed by atoms with van der Waals surface area (Å²) < 4.78 is 1.63. The Bertz CT molecular complexity index is 1230. The van der Waals surface area contributed by atoms with Gasteiger partial charge in [0.25, 0.3) is 5.91 Å². The summed E-state index contributed by atoms with van der Waals surface area (Å²) in [6.45, 7) is 2.01. The number of anilines is 1. The first-order valence-electron chi connectivity index (χ1n) is 11.1. The number of hydrogen-bond donors (Lipinski definition) is 4. The Hall–Kier alpha value is -4.53. The van der Waals surface area contributed by atoms with E-state index in [1.807, 2.05) is 6.92 Å². The molecule has 4 N–H and O–H groups in total. The van der Waals surface area contributed by atoms with Gasteiger partial charge in [0.2, 0.25) is 11.8 Å². The van der Waals surface area contributed by atoms with Crippen LogP contribution in [0.25, 0.3) is 11.3 Å². The van der Waals surface area contributed by atoms with Crippen molar-refractivity contribution in [2.45, 2.75) is 25.8 Å². The number of benzene rings is 1. The monoisotopic (exact) mass is 475 g/mol. The molecule has 12 heteroatoms. The Balaban J connectivity index is 1.55. The number of amides is 3. The normalized spacial score (nSPS) is 16.6. The molecule has 35 heavy (non-hydrogen) atoms. The molecule has 180 valence electrons. The molecule has 1 fully saturated rings. The van der Waals surface area contributed by atoms with Crippen LogP contribution in [0.5, 0.6) is 0 Å². The van der Waals surface area contributed by atoms with Gasteiger partial charge in [-0.05, 0) is 44.0 Å². The average molecular weight is 476 g/mol. The van der Waals surface area contributed by atoms with E-state index >= 15 is 0 Å². The molecule has 2 heterocycles. The van der Waals surface area contributed by atoms with Crippen molar-refractivity contribution in [1.29, 1.82) is 16.1 Å². The second kappa shape index (κ2) is 9.76. The smallest absolute Gasteiger partial charge is 0.273 e. The fraction of sp³-hybridized carbons (Fsp3) is 0.348. The number of hydrogen-bond acceptors (Lipinski definition) is 7. The number of carbonyl (C=O) groups excluding carboxylic acids is 3. The molecular weight excluding hydrogens is 450 g/mol. The molecule has 0 unspecified atom stereocenters. The fourth-order valence-corrected chi connectivity index (χ4v) is 3.85. The second-order valence-corrected chi connectivity index (χ2v) is 8.56. The first kappa shape index (κ1) is 23.6. The van der Waals surface area contributed by atoms with Crippen LogP contribution in [0, 0.1) is 28.1 Å². The van der Waals surface area contributed by atoms with E-state index in [-0.39, 0.29) is 37.0 Å². The lowest BCUT2D eigenvalue weighted by Crippen LogP contribution is -2.49. The van der Waals surface area contributed by atoms with Gasteiger partial charge >= 0.3 is 0 Å². The molecule has 1 atom stereocenters. The zero-order chi connectivity index (χ0) is 25.1. The maximum atomic E-state index is 13.1. The first-order chi connectivity index (χ1) is 16.8. The Labute approximate surface area is 201 Å². The highest BCUT2D eigenvalue weighted by Gasteiger charge is 2.33. The van der Waals surface area contributed by atoms with E-state index in [1.54, 1.807) is 28.9 Å². The molecule has 1 aliphatic carbocycles. The summed E-state index contributed by atoms with van der Waals surface area (Å²) in [6.07, 6.45) is 3.42. The van der Waals surface area contributed by atoms with Gasteiger partial charge < -0.3 is 20.4 Å². The molecule has 0 bridgehead atoms. The van der Waals surface area contributed by atoms with Gasteiger partial charge in [-0.2, -0.15) is 10.4 Å². The molecule has 2 aliphatic rings. The van der Waals surface area contributed by atoms with Gasteiger partial charge in [0.05, 0.1) is 48.4 Å². The van der Waals surface area contributed by atoms with Crippen molar-refractivity contribution in [3.8, 4) is 17.3 Å². The van der Waals surface area contributed by atoms with Crippen LogP contribution in [-0.2, 0) is 9.59 Å². The van der Waals surface area contributed by atoms with Crippen molar-refractivity contribution in [2.24, 2.45) is 5.92 Å². The summed E-state index contributed by atoms with van der Waals surface area (Å²) in [5.74, 6) is -0.846. The van der Waals surface area contributed by atoms with Gasteiger partial charge in [-0.1, -0.05) is 0 Å². The van der Waals surface area contributed by atoms with Gasteiger partial charge in [-0.25, -0.2) is 0 Å². The fourth-order valence-electron chi connectivity index (χ4n) is 3.85. The van der Waals surface area contributed by atoms with Crippen LogP contribution in [0.15, 0.2) is 24.3 Å². The van der Waals surface area contributed by atoms with Crippen molar-refractivity contribution in [2.75, 3.05) is 25.1 Å². The topological polar surface area (TPSA) is 171 Å². The second-order valence-electron chi connectivity index (χ2n) is 8.56. The summed E-state index contributed by atoms with van der Waals surface area (Å²) in [4.78, 5) is 40.2. The molecule has 1 aliphatic heterocycles. The van der Waals surface area contributed by atoms with Crippen molar-refractivity contribution < 1.29 is 14.4 Å². The molecule has 0 saturated heterocycles. The number of carbonyl (C=O) groups is 3. The minimum absolute atomic E-state index is 0.0146. The highest BCUT2D eigenvalue weighted by Crippen LogP contribution is 2.34. The summed E-state index contributed by atoms with van der Waals surface area (Å²) in [6, 6.07) is 8.50. The number of nitriles is 1. The first-order valence-corrected chi connectivity index (χ1v) is 11.1. The molecule has 12 nitrogen and oxygen atoms in total. The number of nitrogens with one attached hydrogen (secondary N) is 4. The predicted octanol–water partition coefficient (Wildman–Crippen LogP) is 1.38. The van der Waals surface area contributed by atoms with Crippen molar-refractivity contribution >= 4 is 36.1 Å². The zero-order valence-corrected chi connectivity index (χ0v) is 19.1. The Morgan fingerprint density at radius 3 is 2.69 bits per heavy atom. The van der Waals surface area contributed by atoms with Gasteiger partial charge in [0, 0.05) is 18.0 Å². The lowest BCUT2D eigenvalue weighted by molar-refractivity contribution is -0.121. The Kier molecular flexibility index (Phi) is 6.59. The molecule has 0 radical (unpaired) electrons. The molecule has 1 aromatic carbocycles. The molecule has 4 rings (SSSR count). The third-order valence-corrected chi connectivity index (χ3v) is 5.90. The minimum Gasteiger partial charge on any atom is -0.337 e. The van der Waals surface area contributed by atoms with Gasteiger partial charge in [-0.3, -0.25) is 29.9 Å². The standard InChI is InChI=1S/C23H25N9O3/c1-14-9-31(13-27-21(33)10-30(11-25)12-26)23(35)20-7-19(29-32(14)20)17-5-2-15(8-24)6-18(17)28-22(34)16-3-4-16/h2,5-7,11-12,14,16,25-26H,3-4,9-10,13H2,1H3,(H,27,33)(H,28,34)/t14-/m0/s1. The minimum atomic E-state index is -0.425. The Morgan fingerprint density at radius 2 is 2.03 bits per heavy atom. The van der Waals surface area contributed by atoms with E-state index < -0.39 is 5.91 Å². The molecule has 0 spiro atoms. The number of nitrogens with zero attached hydrogens (tertiary/aromatic N) is 5. The van der Waals surface area contributed by atoms with Crippen molar-refractivity contribution in [3.63, 3.8) is 0 Å². The summed E-state index contributed by atoms with van der Waals surface area (Å²) in [5, 5.41) is 33.7. The quantitative estimate of drug-likeness (QED) is 0.315. The SMILES string of the molecule is C[C@H]1CN(CNC(=O)CN(C=N)C=N)C(=O)c2cc(-c3ccc(C#N)cc3NC(=O)C3CC3)nn21. The third-order valence-electron chi connectivity index (χ3n) is 5.90. The maximum absolute atomic E-state index is 13.1. The van der Waals surface area contributed by atoms with Crippen molar-refractivity contribution in [1.82, 2.24) is 24.9 Å². The third kappa shape index (κ3) is 5.03. The average Bonchev–Trinajstić information content (AvgIpc) is 3.62. The number of fused-ring (bicyclic) bond motifs is 1. The summed E-state index contributed by atoms with van der Waals surface area (Å²) in [7, 11) is 0. The van der Waals surface area contributed by atoms with E-state index in [4.69, 9.17) is 10.8 Å². The van der Waals surface area contributed by atoms with E-state index in [0.29, 0.717) is 34.7 Å². The van der Waals surface area contributed by atoms with E-state index in [1.165, 1.54) is 4.90 Å². The zero-order valence-electron chi connectivity index (χ0n) is 19.1. The van der Waals surface area contributed by atoms with E-state index in [9.17, 15) is 19.6 Å². The predicted molar refractivity (Wildman–Crippen MR) is 127 cm³/mol. The summed E-state index contributed by atoms with van der Waals surface area (Å²) >= 11 is 0. The molecule has 2 aromatic rings. The van der Waals surface area contributed by atoms with E-state index in [0.717, 1.165) is 30.4 Å². The molecule has 1 saturated carbocycles. The van der Waals surface area contributed by atoms with Gasteiger partial charge in [0.1, 0.15) is 12.2 Å². The Morgan fingerprint density at radius 1 is 1.29 bits per heavy atom. The highest BCUT2D eigenvalue weighted by atomic mass is 16.2. The van der Waals surface area contributed by atoms with Gasteiger partial charge in [0.15, 0.2) is 0 Å². The highest BCUT2D eigenvalue weighted by molar-refractivity contribution is 5.99. The summed E-state index contributed by atoms with van der Waals surface area (Å²) in [5.41, 5.74) is 2.33. The molecule has 1 aromatic heterocycles. The molecular formula is C23H25N9O3. The van der Waals surface area contributed by atoms with Crippen LogP contribution in [0.1, 0.15) is 41.9 Å². The van der Waals surface area contributed by atoms with Crippen LogP contribution in [0.3, 0.4) is 0 Å². The van der Waals surface area contributed by atoms with Crippen LogP contribution in [0.4, 0.5) is 5.69 Å². The van der Waals surface area contributed by atoms with Crippen LogP contribution in [0.2, 0.25) is 0 Å². The van der Waals surface area contributed by atoms with E-state index in [2.05, 4.69) is 21.8 Å². The lowest BCUT2D eigenvalue weighted by Gasteiger charge is -2.31. The number of aromatic nitrogens is 2. The van der Waals surface area contributed by atoms with Crippen LogP contribution in [-0.4, -0.2) is 69.7 Å². The van der Waals surface area contributed by atoms with Crippen LogP contribution < -0.4 is 10.6 Å². The van der Waals surface area contributed by atoms with Gasteiger partial charge in [-0.15, -0.1) is 0 Å². The molecule has 3 amide bonds. The largest absolute Gasteiger partial charge is 0.337 e. The maximum Gasteiger partial charge on any atom is 0.273 e. The van der Waals surface area contributed by atoms with Crippen molar-refractivity contribution in [3.05, 3.63) is 35.5 Å². The number of rotatable bonds is 9. The lowest BCUT2D eigenvalue weighted by atomic mass is 10.1.